The van der Waals surface area contributed by atoms with E-state index in [9.17, 15) is 53.4 Å². The molecular weight excluding hydrogens is 796 g/mol. The largest absolute Gasteiger partial charge is 0.480 e. The van der Waals surface area contributed by atoms with E-state index in [2.05, 4.69) is 31.9 Å². The van der Waals surface area contributed by atoms with Crippen LogP contribution in [0, 0.1) is 11.8 Å². The van der Waals surface area contributed by atoms with Gasteiger partial charge in [-0.2, -0.15) is 0 Å². The minimum absolute atomic E-state index is 0.0538. The van der Waals surface area contributed by atoms with Crippen LogP contribution < -0.4 is 37.6 Å². The maximum Gasteiger partial charge on any atom is 0.408 e. The van der Waals surface area contributed by atoms with Crippen molar-refractivity contribution in [3.63, 3.8) is 0 Å². The molecule has 0 unspecified atom stereocenters. The van der Waals surface area contributed by atoms with E-state index in [0.717, 1.165) is 0 Å². The van der Waals surface area contributed by atoms with Crippen molar-refractivity contribution in [2.75, 3.05) is 13.2 Å². The highest BCUT2D eigenvalue weighted by Gasteiger charge is 2.41. The summed E-state index contributed by atoms with van der Waals surface area (Å²) >= 11 is 0. The van der Waals surface area contributed by atoms with Crippen LogP contribution in [0.1, 0.15) is 93.1 Å². The maximum absolute atomic E-state index is 14.1. The molecule has 8 amide bonds. The van der Waals surface area contributed by atoms with Crippen molar-refractivity contribution in [2.45, 2.75) is 142 Å². The average Bonchev–Trinajstić information content (AvgIpc) is 3.67. The van der Waals surface area contributed by atoms with Crippen molar-refractivity contribution in [1.29, 1.82) is 0 Å². The molecule has 340 valence electrons. The lowest BCUT2D eigenvalue weighted by atomic mass is 9.97. The summed E-state index contributed by atoms with van der Waals surface area (Å²) in [4.78, 5) is 119. The van der Waals surface area contributed by atoms with Gasteiger partial charge in [0.15, 0.2) is 0 Å². The summed E-state index contributed by atoms with van der Waals surface area (Å²) in [5.74, 6) is -7.85. The number of hydrogen-bond donors (Lipinski definition) is 9. The fourth-order valence-electron chi connectivity index (χ4n) is 6.43. The molecule has 1 aromatic carbocycles. The maximum atomic E-state index is 14.1. The first-order valence-corrected chi connectivity index (χ1v) is 20.5. The minimum atomic E-state index is -1.70. The Hall–Kier alpha value is -5.79. The number of likely N-dealkylation sites (tertiary alicyclic amines) is 1. The van der Waals surface area contributed by atoms with Crippen LogP contribution in [0.5, 0.6) is 0 Å². The minimum Gasteiger partial charge on any atom is -0.480 e. The number of primary amides is 1. The molecule has 1 aliphatic rings. The molecule has 20 nitrogen and oxygen atoms in total. The molecule has 1 aromatic rings. The van der Waals surface area contributed by atoms with Crippen molar-refractivity contribution in [2.24, 2.45) is 17.6 Å². The van der Waals surface area contributed by atoms with Crippen LogP contribution in [0.4, 0.5) is 4.79 Å². The Kier molecular flexibility index (Phi) is 20.1. The molecule has 0 spiro atoms. The van der Waals surface area contributed by atoms with Gasteiger partial charge in [-0.15, -0.1) is 0 Å². The number of aliphatic hydroxyl groups is 1. The molecule has 10 N–H and O–H groups in total. The summed E-state index contributed by atoms with van der Waals surface area (Å²) in [5, 5.41) is 34.2. The zero-order valence-corrected chi connectivity index (χ0v) is 36.2. The first-order chi connectivity index (χ1) is 28.5. The van der Waals surface area contributed by atoms with Crippen molar-refractivity contribution >= 4 is 53.4 Å². The number of ether oxygens (including phenoxy) is 1. The van der Waals surface area contributed by atoms with Gasteiger partial charge in [0.1, 0.15) is 47.9 Å². The van der Waals surface area contributed by atoms with E-state index in [-0.39, 0.29) is 31.7 Å². The Labute approximate surface area is 356 Å². The van der Waals surface area contributed by atoms with E-state index in [1.54, 1.807) is 71.9 Å². The highest BCUT2D eigenvalue weighted by atomic mass is 16.6. The Morgan fingerprint density at radius 2 is 1.38 bits per heavy atom. The molecule has 0 bridgehead atoms. The summed E-state index contributed by atoms with van der Waals surface area (Å²) in [6.07, 6.45) is -0.523. The van der Waals surface area contributed by atoms with Gasteiger partial charge in [0.2, 0.25) is 41.4 Å². The molecule has 0 aromatic heterocycles. The van der Waals surface area contributed by atoms with Crippen LogP contribution >= 0.6 is 0 Å². The molecule has 1 aliphatic heterocycles. The molecule has 1 fully saturated rings. The van der Waals surface area contributed by atoms with E-state index in [1.165, 1.54) is 11.8 Å². The number of amides is 8. The van der Waals surface area contributed by atoms with Gasteiger partial charge in [-0.3, -0.25) is 33.6 Å². The second-order valence-electron chi connectivity index (χ2n) is 16.7. The van der Waals surface area contributed by atoms with E-state index >= 15 is 0 Å². The summed E-state index contributed by atoms with van der Waals surface area (Å²) in [5.41, 5.74) is 5.19. The molecule has 61 heavy (non-hydrogen) atoms. The third-order valence-corrected chi connectivity index (χ3v) is 9.83. The second kappa shape index (κ2) is 23.9. The molecule has 0 radical (unpaired) electrons. The number of aliphatic carboxylic acids is 1. The van der Waals surface area contributed by atoms with Gasteiger partial charge in [0.25, 0.3) is 0 Å². The number of nitrogens with zero attached hydrogens (tertiary/aromatic N) is 1. The summed E-state index contributed by atoms with van der Waals surface area (Å²) in [6.45, 7) is 12.7. The van der Waals surface area contributed by atoms with Crippen LogP contribution in [0.15, 0.2) is 30.3 Å². The lowest BCUT2D eigenvalue weighted by molar-refractivity contribution is -0.143. The van der Waals surface area contributed by atoms with Crippen LogP contribution in [0.3, 0.4) is 0 Å². The lowest BCUT2D eigenvalue weighted by Crippen LogP contribution is -2.61. The molecule has 20 heteroatoms. The number of benzene rings is 1. The first kappa shape index (κ1) is 51.4. The van der Waals surface area contributed by atoms with Gasteiger partial charge >= 0.3 is 12.1 Å². The predicted molar refractivity (Wildman–Crippen MR) is 221 cm³/mol. The Balaban J connectivity index is 2.33. The molecule has 8 atom stereocenters. The first-order valence-electron chi connectivity index (χ1n) is 20.5. The number of nitrogens with two attached hydrogens (primary N) is 1. The van der Waals surface area contributed by atoms with Gasteiger partial charge in [-0.25, -0.2) is 9.59 Å². The SMILES string of the molecule is CC[C@H](C)[C@H](NC(=O)[C@H](C)NC(=O)OC(C)(C)C)C(=O)N1CCC[C@H]1C(=O)N[C@@H](Cc1ccccc1)C(=O)N[C@@H](CC(N)=O)C(=O)N[C@@H](CO)C(=O)N[C@@H](CC(C)C)C(=O)O. The molecule has 2 rings (SSSR count). The number of carboxylic acids is 1. The highest BCUT2D eigenvalue weighted by molar-refractivity contribution is 5.98. The standard InChI is InChI=1S/C41H64N8O12/c1-9-23(4)32(48-33(52)24(5)43-40(60)61-41(6,7)8)38(57)49-17-13-16-30(49)37(56)45-26(19-25-14-11-10-12-15-25)34(53)44-27(20-31(42)51)35(54)47-29(21-50)36(55)46-28(39(58)59)18-22(2)3/h10-12,14-15,22-24,26-30,32,50H,9,13,16-21H2,1-8H3,(H2,42,51)(H,43,60)(H,44,53)(H,45,56)(H,46,55)(H,47,54)(H,48,52)(H,58,59)/t23-,24-,26-,27-,28-,29-,30-,32-/m0/s1. The van der Waals surface area contributed by atoms with Crippen LogP contribution in [-0.2, 0) is 49.5 Å². The van der Waals surface area contributed by atoms with Crippen LogP contribution in [0.25, 0.3) is 0 Å². The fraction of sp³-hybridized carbons (Fsp3) is 0.634. The lowest BCUT2D eigenvalue weighted by Gasteiger charge is -2.32. The van der Waals surface area contributed by atoms with Crippen molar-refractivity contribution < 1.29 is 58.1 Å². The number of carbonyl (C=O) groups excluding carboxylic acids is 8. The summed E-state index contributed by atoms with van der Waals surface area (Å²) in [6, 6.07) is -0.787. The van der Waals surface area contributed by atoms with Crippen molar-refractivity contribution in [3.05, 3.63) is 35.9 Å². The van der Waals surface area contributed by atoms with Crippen molar-refractivity contribution in [1.82, 2.24) is 36.8 Å². The smallest absolute Gasteiger partial charge is 0.408 e. The number of carbonyl (C=O) groups is 9. The fourth-order valence-corrected chi connectivity index (χ4v) is 6.43. The molecule has 1 saturated heterocycles. The van der Waals surface area contributed by atoms with E-state index in [1.807, 2.05) is 6.92 Å². The van der Waals surface area contributed by atoms with Gasteiger partial charge in [0.05, 0.1) is 13.0 Å². The second-order valence-corrected chi connectivity index (χ2v) is 16.7. The monoisotopic (exact) mass is 860 g/mol. The van der Waals surface area contributed by atoms with E-state index in [4.69, 9.17) is 10.5 Å². The number of carboxylic acid groups (broad SMARTS) is 1. The Morgan fingerprint density at radius 1 is 0.803 bits per heavy atom. The number of aliphatic hydroxyl groups excluding tert-OH is 1. The van der Waals surface area contributed by atoms with E-state index < -0.39 is 120 Å². The quantitative estimate of drug-likeness (QED) is 0.0720. The molecule has 0 aliphatic carbocycles. The molecule has 0 saturated carbocycles. The number of nitrogens with one attached hydrogen (secondary N) is 6. The highest BCUT2D eigenvalue weighted by Crippen LogP contribution is 2.22. The van der Waals surface area contributed by atoms with Gasteiger partial charge < -0.3 is 57.5 Å². The normalized spacial score (nSPS) is 17.3. The third kappa shape index (κ3) is 17.0. The van der Waals surface area contributed by atoms with Gasteiger partial charge in [-0.05, 0) is 64.4 Å². The van der Waals surface area contributed by atoms with E-state index in [0.29, 0.717) is 18.4 Å². The Morgan fingerprint density at radius 3 is 1.92 bits per heavy atom. The average molecular weight is 861 g/mol. The number of alkyl carbamates (subject to hydrolysis) is 1. The molecular formula is C41H64N8O12. The number of rotatable bonds is 22. The predicted octanol–water partition coefficient (Wildman–Crippen LogP) is -0.398. The number of hydrogen-bond acceptors (Lipinski definition) is 11. The zero-order valence-electron chi connectivity index (χ0n) is 36.2. The topological polar surface area (TPSA) is 305 Å². The summed E-state index contributed by atoms with van der Waals surface area (Å²) in [7, 11) is 0. The van der Waals surface area contributed by atoms with Gasteiger partial charge in [-0.1, -0.05) is 64.4 Å². The zero-order chi connectivity index (χ0) is 46.2. The Bertz CT molecular complexity index is 1720. The summed E-state index contributed by atoms with van der Waals surface area (Å²) < 4.78 is 5.23. The van der Waals surface area contributed by atoms with Crippen LogP contribution in [-0.4, -0.2) is 130 Å². The third-order valence-electron chi connectivity index (χ3n) is 9.83. The molecule has 1 heterocycles. The van der Waals surface area contributed by atoms with Gasteiger partial charge in [0, 0.05) is 13.0 Å². The van der Waals surface area contributed by atoms with Crippen LogP contribution in [0.2, 0.25) is 0 Å². The van der Waals surface area contributed by atoms with Crippen molar-refractivity contribution in [3.8, 4) is 0 Å².